The van der Waals surface area contributed by atoms with Crippen LogP contribution in [0.15, 0.2) is 48.5 Å². The van der Waals surface area contributed by atoms with Crippen molar-refractivity contribution in [1.29, 1.82) is 0 Å². The van der Waals surface area contributed by atoms with Gasteiger partial charge in [0, 0.05) is 24.6 Å². The van der Waals surface area contributed by atoms with Gasteiger partial charge in [0.1, 0.15) is 0 Å². The molecule has 0 bridgehead atoms. The fraction of sp³-hybridized carbons (Fsp3) is 0.250. The summed E-state index contributed by atoms with van der Waals surface area (Å²) in [5.74, 6) is -1.84. The number of benzene rings is 2. The van der Waals surface area contributed by atoms with E-state index in [0.29, 0.717) is 31.6 Å². The number of hydrogen-bond acceptors (Lipinski definition) is 4. The molecule has 0 aromatic heterocycles. The van der Waals surface area contributed by atoms with Crippen LogP contribution in [0.5, 0.6) is 0 Å². The van der Waals surface area contributed by atoms with Gasteiger partial charge in [-0.2, -0.15) is 0 Å². The second kappa shape index (κ2) is 7.90. The number of primary amides is 1. The number of nitrogens with one attached hydrogen (secondary N) is 1. The number of hydrogen-bond donors (Lipinski definition) is 3. The third-order valence-corrected chi connectivity index (χ3v) is 4.76. The van der Waals surface area contributed by atoms with Gasteiger partial charge in [0.15, 0.2) is 0 Å². The van der Waals surface area contributed by atoms with E-state index in [2.05, 4.69) is 10.2 Å². The van der Waals surface area contributed by atoms with E-state index in [9.17, 15) is 14.4 Å². The van der Waals surface area contributed by atoms with Crippen LogP contribution in [0.4, 0.5) is 11.4 Å². The van der Waals surface area contributed by atoms with Crippen molar-refractivity contribution >= 4 is 29.2 Å². The molecule has 2 aromatic rings. The summed E-state index contributed by atoms with van der Waals surface area (Å²) in [6.45, 7) is 1.35. The summed E-state index contributed by atoms with van der Waals surface area (Å²) < 4.78 is 0. The molecule has 3 rings (SSSR count). The van der Waals surface area contributed by atoms with E-state index in [-0.39, 0.29) is 28.9 Å². The van der Waals surface area contributed by atoms with Gasteiger partial charge in [0.2, 0.25) is 5.91 Å². The summed E-state index contributed by atoms with van der Waals surface area (Å²) in [5.41, 5.74) is 7.23. The normalized spacial score (nSPS) is 14.6. The lowest BCUT2D eigenvalue weighted by Crippen LogP contribution is -2.38. The number of carboxylic acid groups (broad SMARTS) is 1. The topological polar surface area (TPSA) is 113 Å². The Kier molecular flexibility index (Phi) is 5.40. The zero-order valence-electron chi connectivity index (χ0n) is 14.7. The van der Waals surface area contributed by atoms with Crippen molar-refractivity contribution in [2.45, 2.75) is 12.8 Å². The molecule has 27 heavy (non-hydrogen) atoms. The minimum absolute atomic E-state index is 0.0597. The SMILES string of the molecule is NC(=O)C1CCN(c2ccccc2NC(=O)c2cccc(C(=O)O)c2)CC1. The molecule has 0 unspecified atom stereocenters. The highest BCUT2D eigenvalue weighted by Gasteiger charge is 2.24. The first-order valence-corrected chi connectivity index (χ1v) is 8.73. The number of nitrogens with two attached hydrogens (primary N) is 1. The van der Waals surface area contributed by atoms with Crippen molar-refractivity contribution in [2.75, 3.05) is 23.3 Å². The van der Waals surface area contributed by atoms with E-state index in [0.717, 1.165) is 5.69 Å². The first-order chi connectivity index (χ1) is 13.0. The smallest absolute Gasteiger partial charge is 0.335 e. The Labute approximate surface area is 156 Å². The number of rotatable bonds is 5. The van der Waals surface area contributed by atoms with Gasteiger partial charge in [-0.05, 0) is 43.2 Å². The summed E-state index contributed by atoms with van der Waals surface area (Å²) in [4.78, 5) is 37.1. The van der Waals surface area contributed by atoms with Gasteiger partial charge in [-0.1, -0.05) is 18.2 Å². The number of aromatic carboxylic acids is 1. The molecule has 1 aliphatic rings. The number of carbonyl (C=O) groups is 3. The van der Waals surface area contributed by atoms with Crippen molar-refractivity contribution in [3.05, 3.63) is 59.7 Å². The molecule has 2 amide bonds. The van der Waals surface area contributed by atoms with E-state index in [4.69, 9.17) is 10.8 Å². The van der Waals surface area contributed by atoms with E-state index < -0.39 is 5.97 Å². The molecule has 2 aromatic carbocycles. The fourth-order valence-electron chi connectivity index (χ4n) is 3.25. The Morgan fingerprint density at radius 3 is 2.33 bits per heavy atom. The van der Waals surface area contributed by atoms with Crippen molar-refractivity contribution in [2.24, 2.45) is 11.7 Å². The lowest BCUT2D eigenvalue weighted by Gasteiger charge is -2.33. The monoisotopic (exact) mass is 367 g/mol. The van der Waals surface area contributed by atoms with E-state index in [1.807, 2.05) is 18.2 Å². The number of para-hydroxylation sites is 2. The molecule has 1 aliphatic heterocycles. The molecule has 1 fully saturated rings. The van der Waals surface area contributed by atoms with Crippen LogP contribution in [0.1, 0.15) is 33.6 Å². The third kappa shape index (κ3) is 4.25. The highest BCUT2D eigenvalue weighted by molar-refractivity contribution is 6.07. The standard InChI is InChI=1S/C20H21N3O4/c21-18(24)13-8-10-23(11-9-13)17-7-2-1-6-16(17)22-19(25)14-4-3-5-15(12-14)20(26)27/h1-7,12-13H,8-11H2,(H2,21,24)(H,22,25)(H,26,27). The highest BCUT2D eigenvalue weighted by atomic mass is 16.4. The van der Waals surface area contributed by atoms with Crippen LogP contribution < -0.4 is 16.0 Å². The molecule has 0 spiro atoms. The maximum Gasteiger partial charge on any atom is 0.335 e. The molecule has 0 atom stereocenters. The average molecular weight is 367 g/mol. The minimum atomic E-state index is -1.08. The maximum absolute atomic E-state index is 12.6. The molecule has 1 heterocycles. The number of carboxylic acids is 1. The number of amides is 2. The Bertz CT molecular complexity index is 873. The van der Waals surface area contributed by atoms with E-state index in [1.54, 1.807) is 18.2 Å². The highest BCUT2D eigenvalue weighted by Crippen LogP contribution is 2.30. The second-order valence-electron chi connectivity index (χ2n) is 6.52. The van der Waals surface area contributed by atoms with Crippen LogP contribution in [-0.4, -0.2) is 36.0 Å². The summed E-state index contributed by atoms with van der Waals surface area (Å²) in [7, 11) is 0. The Morgan fingerprint density at radius 1 is 1.00 bits per heavy atom. The molecule has 7 nitrogen and oxygen atoms in total. The minimum Gasteiger partial charge on any atom is -0.478 e. The summed E-state index contributed by atoms with van der Waals surface area (Å²) in [6, 6.07) is 13.3. The predicted octanol–water partition coefficient (Wildman–Crippen LogP) is 2.34. The van der Waals surface area contributed by atoms with Crippen LogP contribution in [0.25, 0.3) is 0 Å². The number of piperidine rings is 1. The van der Waals surface area contributed by atoms with Gasteiger partial charge in [0.05, 0.1) is 16.9 Å². The summed E-state index contributed by atoms with van der Waals surface area (Å²) in [6.07, 6.45) is 1.36. The van der Waals surface area contributed by atoms with Crippen molar-refractivity contribution < 1.29 is 19.5 Å². The van der Waals surface area contributed by atoms with Gasteiger partial charge in [-0.3, -0.25) is 9.59 Å². The Balaban J connectivity index is 1.77. The van der Waals surface area contributed by atoms with Gasteiger partial charge >= 0.3 is 5.97 Å². The van der Waals surface area contributed by atoms with Crippen LogP contribution >= 0.6 is 0 Å². The van der Waals surface area contributed by atoms with Crippen LogP contribution in [0.2, 0.25) is 0 Å². The molecular formula is C20H21N3O4. The largest absolute Gasteiger partial charge is 0.478 e. The predicted molar refractivity (Wildman–Crippen MR) is 102 cm³/mol. The van der Waals surface area contributed by atoms with Gasteiger partial charge < -0.3 is 21.1 Å². The summed E-state index contributed by atoms with van der Waals surface area (Å²) >= 11 is 0. The van der Waals surface area contributed by atoms with E-state index in [1.165, 1.54) is 12.1 Å². The van der Waals surface area contributed by atoms with Gasteiger partial charge in [-0.15, -0.1) is 0 Å². The summed E-state index contributed by atoms with van der Waals surface area (Å²) in [5, 5.41) is 11.9. The molecule has 4 N–H and O–H groups in total. The third-order valence-electron chi connectivity index (χ3n) is 4.76. The molecule has 140 valence electrons. The van der Waals surface area contributed by atoms with Crippen molar-refractivity contribution in [3.8, 4) is 0 Å². The van der Waals surface area contributed by atoms with Gasteiger partial charge in [-0.25, -0.2) is 4.79 Å². The van der Waals surface area contributed by atoms with E-state index >= 15 is 0 Å². The Morgan fingerprint density at radius 2 is 1.67 bits per heavy atom. The molecular weight excluding hydrogens is 346 g/mol. The van der Waals surface area contributed by atoms with Crippen LogP contribution in [-0.2, 0) is 4.79 Å². The first-order valence-electron chi connectivity index (χ1n) is 8.73. The second-order valence-corrected chi connectivity index (χ2v) is 6.52. The molecule has 0 aliphatic carbocycles. The first kappa shape index (κ1) is 18.4. The average Bonchev–Trinajstić information content (AvgIpc) is 2.68. The maximum atomic E-state index is 12.6. The Hall–Kier alpha value is -3.35. The fourth-order valence-corrected chi connectivity index (χ4v) is 3.25. The zero-order valence-corrected chi connectivity index (χ0v) is 14.7. The van der Waals surface area contributed by atoms with Gasteiger partial charge in [0.25, 0.3) is 5.91 Å². The zero-order chi connectivity index (χ0) is 19.4. The molecule has 0 saturated carbocycles. The number of anilines is 2. The quantitative estimate of drug-likeness (QED) is 0.751. The lowest BCUT2D eigenvalue weighted by atomic mass is 9.96. The van der Waals surface area contributed by atoms with Crippen molar-refractivity contribution in [3.63, 3.8) is 0 Å². The number of nitrogens with zero attached hydrogens (tertiary/aromatic N) is 1. The molecule has 1 saturated heterocycles. The van der Waals surface area contributed by atoms with Crippen LogP contribution in [0, 0.1) is 5.92 Å². The molecule has 7 heteroatoms. The van der Waals surface area contributed by atoms with Crippen LogP contribution in [0.3, 0.4) is 0 Å². The molecule has 0 radical (unpaired) electrons. The number of carbonyl (C=O) groups excluding carboxylic acids is 2. The lowest BCUT2D eigenvalue weighted by molar-refractivity contribution is -0.122. The van der Waals surface area contributed by atoms with Crippen molar-refractivity contribution in [1.82, 2.24) is 0 Å².